The molecule has 0 radical (unpaired) electrons. The summed E-state index contributed by atoms with van der Waals surface area (Å²) in [6, 6.07) is 3.48. The van der Waals surface area contributed by atoms with Crippen LogP contribution < -0.4 is 10.6 Å². The number of benzene rings is 2. The molecule has 1 fully saturated rings. The summed E-state index contributed by atoms with van der Waals surface area (Å²) in [6.45, 7) is 8.92. The van der Waals surface area contributed by atoms with Crippen LogP contribution in [0.1, 0.15) is 13.8 Å². The molecule has 3 heterocycles. The number of methoxy groups -OCH3 is 1. The molecule has 0 aliphatic carbocycles. The van der Waals surface area contributed by atoms with Gasteiger partial charge in [0.05, 0.1) is 28.2 Å². The highest BCUT2D eigenvalue weighted by Crippen LogP contribution is 2.46. The first-order valence-corrected chi connectivity index (χ1v) is 14.2. The van der Waals surface area contributed by atoms with Crippen molar-refractivity contribution < 1.29 is 18.6 Å². The third kappa shape index (κ3) is 4.96. The van der Waals surface area contributed by atoms with Gasteiger partial charge in [-0.1, -0.05) is 29.8 Å². The average molecular weight is 598 g/mol. The van der Waals surface area contributed by atoms with Gasteiger partial charge in [-0.05, 0) is 32.1 Å². The highest BCUT2D eigenvalue weighted by Gasteiger charge is 2.35. The van der Waals surface area contributed by atoms with E-state index in [9.17, 15) is 14.3 Å². The van der Waals surface area contributed by atoms with Gasteiger partial charge in [0, 0.05) is 65.5 Å². The number of aliphatic hydroxyl groups excluding tert-OH is 1. The van der Waals surface area contributed by atoms with Gasteiger partial charge in [0.15, 0.2) is 0 Å². The van der Waals surface area contributed by atoms with E-state index < -0.39 is 23.6 Å². The Bertz CT molecular complexity index is 1510. The van der Waals surface area contributed by atoms with Crippen molar-refractivity contribution in [1.29, 1.82) is 0 Å². The van der Waals surface area contributed by atoms with Gasteiger partial charge in [-0.2, -0.15) is 4.98 Å². The number of hydrogen-bond donors (Lipinski definition) is 1. The second-order valence-corrected chi connectivity index (χ2v) is 11.7. The topological polar surface area (TPSA) is 70.8 Å². The second-order valence-electron chi connectivity index (χ2n) is 9.90. The minimum atomic E-state index is -0.875. The smallest absolute Gasteiger partial charge is 0.350 e. The Morgan fingerprint density at radius 3 is 2.49 bits per heavy atom. The molecule has 0 bridgehead atoms. The van der Waals surface area contributed by atoms with E-state index in [1.54, 1.807) is 13.2 Å². The SMILES string of the molecule is C=CC(O)N1[C@H](C)CN(c2nc(=O)n3c4c(c(-c5cc(Cl)c(F)cc5F)c(Cl)cc24)SC[C@@H](OC)C3)C[C@@H]1C. The lowest BCUT2D eigenvalue weighted by Crippen LogP contribution is -2.60. The standard InChI is InChI=1S/C27H28Cl2F2N4O3S/c1-5-22(36)35-13(2)9-33(10-14(35)3)26-17-7-19(29)23(16-6-18(28)21(31)8-20(16)30)25-24(17)34(27(37)32-26)11-15(38-4)12-39-25/h5-8,13-15,22,36H,1,9-12H2,2-4H3/t13-,14+,15-,22?/m0/s1. The predicted octanol–water partition coefficient (Wildman–Crippen LogP) is 5.17. The van der Waals surface area contributed by atoms with Gasteiger partial charge in [-0.3, -0.25) is 9.47 Å². The van der Waals surface area contributed by atoms with Crippen LogP contribution in [0.5, 0.6) is 0 Å². The average Bonchev–Trinajstić information content (AvgIpc) is 3.08. The molecule has 1 saturated heterocycles. The Balaban J connectivity index is 1.76. The van der Waals surface area contributed by atoms with Crippen LogP contribution in [0.2, 0.25) is 10.0 Å². The molecule has 2 aliphatic heterocycles. The molecule has 7 nitrogen and oxygen atoms in total. The van der Waals surface area contributed by atoms with E-state index in [0.717, 1.165) is 6.07 Å². The fourth-order valence-electron chi connectivity index (χ4n) is 5.60. The molecule has 3 aromatic rings. The number of thioether (sulfide) groups is 1. The fraction of sp³-hybridized carbons (Fsp3) is 0.407. The Morgan fingerprint density at radius 2 is 1.85 bits per heavy atom. The number of piperazine rings is 1. The molecule has 5 rings (SSSR count). The maximum absolute atomic E-state index is 15.1. The lowest BCUT2D eigenvalue weighted by Gasteiger charge is -2.46. The molecule has 4 atom stereocenters. The molecule has 0 spiro atoms. The van der Waals surface area contributed by atoms with Gasteiger partial charge in [0.25, 0.3) is 0 Å². The molecule has 1 aromatic heterocycles. The molecule has 2 aromatic carbocycles. The number of halogens is 4. The molecule has 39 heavy (non-hydrogen) atoms. The van der Waals surface area contributed by atoms with Crippen molar-refractivity contribution in [2.45, 2.75) is 49.7 Å². The second kappa shape index (κ2) is 11.0. The van der Waals surface area contributed by atoms with Crippen LogP contribution in [0.3, 0.4) is 0 Å². The van der Waals surface area contributed by atoms with Crippen LogP contribution in [-0.4, -0.2) is 69.9 Å². The highest BCUT2D eigenvalue weighted by molar-refractivity contribution is 7.99. The summed E-state index contributed by atoms with van der Waals surface area (Å²) in [4.78, 5) is 22.6. The quantitative estimate of drug-likeness (QED) is 0.322. The molecule has 208 valence electrons. The number of aromatic nitrogens is 2. The summed E-state index contributed by atoms with van der Waals surface area (Å²) in [7, 11) is 1.57. The molecular formula is C27H28Cl2F2N4O3S. The van der Waals surface area contributed by atoms with Crippen LogP contribution in [0.4, 0.5) is 14.6 Å². The van der Waals surface area contributed by atoms with Crippen molar-refractivity contribution in [3.8, 4) is 11.1 Å². The van der Waals surface area contributed by atoms with E-state index in [0.29, 0.717) is 46.0 Å². The third-order valence-corrected chi connectivity index (χ3v) is 9.18. The van der Waals surface area contributed by atoms with Gasteiger partial charge in [0.2, 0.25) is 0 Å². The number of ether oxygens (including phenoxy) is 1. The zero-order valence-electron chi connectivity index (χ0n) is 21.6. The molecular weight excluding hydrogens is 569 g/mol. The lowest BCUT2D eigenvalue weighted by atomic mass is 10.0. The van der Waals surface area contributed by atoms with Gasteiger partial charge in [0.1, 0.15) is 23.7 Å². The van der Waals surface area contributed by atoms with E-state index in [4.69, 9.17) is 27.9 Å². The van der Waals surface area contributed by atoms with Gasteiger partial charge in [-0.15, -0.1) is 11.8 Å². The van der Waals surface area contributed by atoms with Crippen molar-refractivity contribution >= 4 is 51.7 Å². The molecule has 2 aliphatic rings. The summed E-state index contributed by atoms with van der Waals surface area (Å²) in [5, 5.41) is 11.1. The first kappa shape index (κ1) is 28.3. The zero-order chi connectivity index (χ0) is 28.2. The van der Waals surface area contributed by atoms with Crippen molar-refractivity contribution in [3.63, 3.8) is 0 Å². The van der Waals surface area contributed by atoms with Gasteiger partial charge < -0.3 is 14.7 Å². The van der Waals surface area contributed by atoms with Gasteiger partial charge >= 0.3 is 5.69 Å². The summed E-state index contributed by atoms with van der Waals surface area (Å²) in [6.07, 6.45) is 0.380. The van der Waals surface area contributed by atoms with Crippen molar-refractivity contribution in [3.05, 3.63) is 63.0 Å². The largest absolute Gasteiger partial charge is 0.379 e. The third-order valence-electron chi connectivity index (χ3n) is 7.37. The molecule has 0 amide bonds. The van der Waals surface area contributed by atoms with Crippen molar-refractivity contribution in [1.82, 2.24) is 14.5 Å². The van der Waals surface area contributed by atoms with Crippen molar-refractivity contribution in [2.75, 3.05) is 30.9 Å². The number of nitrogens with zero attached hydrogens (tertiary/aromatic N) is 4. The molecule has 12 heteroatoms. The van der Waals surface area contributed by atoms with Crippen LogP contribution in [0.25, 0.3) is 22.0 Å². The maximum Gasteiger partial charge on any atom is 0.350 e. The Kier molecular flexibility index (Phi) is 7.98. The monoisotopic (exact) mass is 596 g/mol. The van der Waals surface area contributed by atoms with E-state index in [1.807, 2.05) is 23.6 Å². The van der Waals surface area contributed by atoms with E-state index in [2.05, 4.69) is 11.6 Å². The highest BCUT2D eigenvalue weighted by atomic mass is 35.5. The van der Waals surface area contributed by atoms with Crippen LogP contribution in [0.15, 0.2) is 40.5 Å². The Labute approximate surface area is 239 Å². The fourth-order valence-corrected chi connectivity index (χ4v) is 7.44. The minimum absolute atomic E-state index is 0.0401. The van der Waals surface area contributed by atoms with E-state index in [1.165, 1.54) is 28.5 Å². The summed E-state index contributed by atoms with van der Waals surface area (Å²) in [5.41, 5.74) is 0.459. The van der Waals surface area contributed by atoms with Crippen LogP contribution in [-0.2, 0) is 11.3 Å². The normalized spacial score (nSPS) is 22.7. The number of rotatable bonds is 5. The molecule has 1 unspecified atom stereocenters. The van der Waals surface area contributed by atoms with E-state index in [-0.39, 0.29) is 40.3 Å². The molecule has 1 N–H and O–H groups in total. The maximum atomic E-state index is 15.1. The van der Waals surface area contributed by atoms with Crippen LogP contribution >= 0.6 is 35.0 Å². The summed E-state index contributed by atoms with van der Waals surface area (Å²) >= 11 is 14.3. The number of aliphatic hydroxyl groups is 1. The van der Waals surface area contributed by atoms with Crippen LogP contribution in [0, 0.1) is 11.6 Å². The first-order chi connectivity index (χ1) is 18.5. The summed E-state index contributed by atoms with van der Waals surface area (Å²) < 4.78 is 36.3. The lowest BCUT2D eigenvalue weighted by molar-refractivity contribution is -0.0208. The summed E-state index contributed by atoms with van der Waals surface area (Å²) in [5.74, 6) is -0.759. The van der Waals surface area contributed by atoms with E-state index >= 15 is 4.39 Å². The Morgan fingerprint density at radius 1 is 1.15 bits per heavy atom. The zero-order valence-corrected chi connectivity index (χ0v) is 24.0. The van der Waals surface area contributed by atoms with Crippen molar-refractivity contribution in [2.24, 2.45) is 0 Å². The number of anilines is 1. The predicted molar refractivity (Wildman–Crippen MR) is 152 cm³/mol. The Hall–Kier alpha value is -2.21. The first-order valence-electron chi connectivity index (χ1n) is 12.5. The minimum Gasteiger partial charge on any atom is -0.379 e. The number of hydrogen-bond acceptors (Lipinski definition) is 7. The van der Waals surface area contributed by atoms with Gasteiger partial charge in [-0.25, -0.2) is 13.6 Å². The molecule has 0 saturated carbocycles.